The van der Waals surface area contributed by atoms with Crippen molar-refractivity contribution in [1.82, 2.24) is 0 Å². The molecule has 1 aliphatic heterocycles. The van der Waals surface area contributed by atoms with Gasteiger partial charge >= 0.3 is 6.16 Å². The topological polar surface area (TPSA) is 83.1 Å². The highest BCUT2D eigenvalue weighted by Gasteiger charge is 2.49. The van der Waals surface area contributed by atoms with Crippen molar-refractivity contribution in [1.29, 1.82) is 10.5 Å². The lowest BCUT2D eigenvalue weighted by Crippen LogP contribution is -2.27. The molecule has 1 aliphatic rings. The van der Waals surface area contributed by atoms with Gasteiger partial charge in [-0.15, -0.1) is 23.5 Å². The molecule has 5 nitrogen and oxygen atoms in total. The molecule has 0 spiro atoms. The minimum Gasteiger partial charge on any atom is -0.438 e. The number of nitrogens with zero attached hydrogens (tertiary/aromatic N) is 2. The van der Waals surface area contributed by atoms with Crippen LogP contribution in [-0.2, 0) is 9.47 Å². The largest absolute Gasteiger partial charge is 0.508 e. The van der Waals surface area contributed by atoms with Gasteiger partial charge in [0.25, 0.3) is 0 Å². The summed E-state index contributed by atoms with van der Waals surface area (Å²) in [6.07, 6.45) is 1.25. The van der Waals surface area contributed by atoms with Crippen LogP contribution in [0.4, 0.5) is 4.79 Å². The van der Waals surface area contributed by atoms with Gasteiger partial charge in [-0.25, -0.2) is 4.79 Å². The summed E-state index contributed by atoms with van der Waals surface area (Å²) >= 11 is 3.16. The van der Waals surface area contributed by atoms with Gasteiger partial charge in [-0.05, 0) is 20.8 Å². The Hall–Kier alpha value is -1.31. The maximum absolute atomic E-state index is 11.2. The Labute approximate surface area is 133 Å². The molecule has 2 atom stereocenters. The molecular formula is C14H18N2O3S2. The Balaban J connectivity index is 2.92. The molecule has 2 unspecified atom stereocenters. The van der Waals surface area contributed by atoms with E-state index in [0.29, 0.717) is 12.8 Å². The molecule has 0 aliphatic carbocycles. The first-order chi connectivity index (χ1) is 9.78. The zero-order chi connectivity index (χ0) is 16.1. The van der Waals surface area contributed by atoms with E-state index < -0.39 is 10.2 Å². The van der Waals surface area contributed by atoms with E-state index in [2.05, 4.69) is 16.9 Å². The first kappa shape index (κ1) is 17.7. The van der Waals surface area contributed by atoms with Crippen LogP contribution in [0.1, 0.15) is 33.6 Å². The number of nitriles is 2. The Morgan fingerprint density at radius 1 is 1.48 bits per heavy atom. The minimum absolute atomic E-state index is 0.234. The SMILES string of the molecule is COC(=O)OC(C)CC1(CC#N)S/C(=C\C#N)C(C)(C)S1. The van der Waals surface area contributed by atoms with Gasteiger partial charge in [0, 0.05) is 22.1 Å². The molecule has 1 saturated heterocycles. The van der Waals surface area contributed by atoms with Gasteiger partial charge in [0.15, 0.2) is 0 Å². The van der Waals surface area contributed by atoms with Crippen LogP contribution >= 0.6 is 23.5 Å². The van der Waals surface area contributed by atoms with Crippen molar-refractivity contribution in [3.63, 3.8) is 0 Å². The number of hydrogen-bond donors (Lipinski definition) is 0. The van der Waals surface area contributed by atoms with Gasteiger partial charge in [-0.1, -0.05) is 0 Å². The summed E-state index contributed by atoms with van der Waals surface area (Å²) in [7, 11) is 1.26. The van der Waals surface area contributed by atoms with E-state index in [0.717, 1.165) is 4.91 Å². The monoisotopic (exact) mass is 326 g/mol. The molecule has 0 amide bonds. The van der Waals surface area contributed by atoms with E-state index >= 15 is 0 Å². The normalized spacial score (nSPS) is 26.7. The fourth-order valence-electron chi connectivity index (χ4n) is 2.16. The van der Waals surface area contributed by atoms with Crippen LogP contribution in [0.3, 0.4) is 0 Å². The van der Waals surface area contributed by atoms with Crippen molar-refractivity contribution in [2.45, 2.75) is 48.5 Å². The van der Waals surface area contributed by atoms with Gasteiger partial charge in [0.05, 0.1) is 29.7 Å². The van der Waals surface area contributed by atoms with Gasteiger partial charge in [-0.3, -0.25) is 0 Å². The van der Waals surface area contributed by atoms with Crippen molar-refractivity contribution in [2.24, 2.45) is 0 Å². The van der Waals surface area contributed by atoms with Gasteiger partial charge in [-0.2, -0.15) is 10.5 Å². The summed E-state index contributed by atoms with van der Waals surface area (Å²) < 4.78 is 8.94. The second-order valence-corrected chi connectivity index (χ2v) is 8.87. The molecule has 114 valence electrons. The molecule has 0 aromatic heterocycles. The maximum atomic E-state index is 11.2. The van der Waals surface area contributed by atoms with Crippen molar-refractivity contribution < 1.29 is 14.3 Å². The molecule has 0 bridgehead atoms. The average molecular weight is 326 g/mol. The molecule has 21 heavy (non-hydrogen) atoms. The van der Waals surface area contributed by atoms with E-state index in [9.17, 15) is 4.79 Å². The van der Waals surface area contributed by atoms with Crippen LogP contribution in [0.5, 0.6) is 0 Å². The molecule has 0 aromatic rings. The number of thioether (sulfide) groups is 2. The maximum Gasteiger partial charge on any atom is 0.508 e. The van der Waals surface area contributed by atoms with E-state index in [1.54, 1.807) is 18.7 Å². The van der Waals surface area contributed by atoms with Gasteiger partial charge in [0.1, 0.15) is 6.10 Å². The third kappa shape index (κ3) is 4.59. The summed E-state index contributed by atoms with van der Waals surface area (Å²) in [5, 5.41) is 18.0. The summed E-state index contributed by atoms with van der Waals surface area (Å²) in [6.45, 7) is 5.83. The number of rotatable bonds is 4. The zero-order valence-corrected chi connectivity index (χ0v) is 14.1. The van der Waals surface area contributed by atoms with Crippen molar-refractivity contribution in [3.8, 4) is 12.1 Å². The third-order valence-electron chi connectivity index (χ3n) is 2.94. The molecular weight excluding hydrogens is 308 g/mol. The molecule has 1 heterocycles. The molecule has 0 aromatic carbocycles. The molecule has 1 rings (SSSR count). The Bertz CT molecular complexity index is 519. The summed E-state index contributed by atoms with van der Waals surface area (Å²) in [5.74, 6) is 0. The summed E-state index contributed by atoms with van der Waals surface area (Å²) in [4.78, 5) is 12.1. The number of hydrogen-bond acceptors (Lipinski definition) is 7. The second kappa shape index (κ2) is 7.11. The molecule has 0 N–H and O–H groups in total. The lowest BCUT2D eigenvalue weighted by atomic mass is 10.1. The van der Waals surface area contributed by atoms with Crippen LogP contribution in [0, 0.1) is 22.7 Å². The van der Waals surface area contributed by atoms with Gasteiger partial charge < -0.3 is 9.47 Å². The summed E-state index contributed by atoms with van der Waals surface area (Å²) in [6, 6.07) is 4.26. The third-order valence-corrected chi connectivity index (χ3v) is 6.51. The highest BCUT2D eigenvalue weighted by molar-refractivity contribution is 8.24. The quantitative estimate of drug-likeness (QED) is 0.573. The smallest absolute Gasteiger partial charge is 0.438 e. The Morgan fingerprint density at radius 3 is 2.67 bits per heavy atom. The number of methoxy groups -OCH3 is 1. The fraction of sp³-hybridized carbons (Fsp3) is 0.643. The first-order valence-corrected chi connectivity index (χ1v) is 8.03. The average Bonchev–Trinajstić information content (AvgIpc) is 2.60. The van der Waals surface area contributed by atoms with E-state index in [1.165, 1.54) is 24.9 Å². The summed E-state index contributed by atoms with van der Waals surface area (Å²) in [5.41, 5.74) is 0. The standard InChI is InChI=1S/C14H18N2O3S2/c1-10(19-12(17)18-4)9-14(6-8-16)20-11(5-7-15)13(2,3)21-14/h5,10H,6,9H2,1-4H3/b11-5-. The minimum atomic E-state index is -0.727. The Kier molecular flexibility index (Phi) is 6.00. The van der Waals surface area contributed by atoms with Crippen molar-refractivity contribution >= 4 is 29.7 Å². The number of allylic oxidation sites excluding steroid dienone is 1. The van der Waals surface area contributed by atoms with Crippen LogP contribution in [-0.4, -0.2) is 28.2 Å². The van der Waals surface area contributed by atoms with Crippen LogP contribution < -0.4 is 0 Å². The number of carbonyl (C=O) groups excluding carboxylic acids is 1. The highest BCUT2D eigenvalue weighted by Crippen LogP contribution is 2.63. The predicted octanol–water partition coefficient (Wildman–Crippen LogP) is 3.82. The number of carbonyl (C=O) groups is 1. The van der Waals surface area contributed by atoms with Crippen LogP contribution in [0.25, 0.3) is 0 Å². The van der Waals surface area contributed by atoms with Crippen molar-refractivity contribution in [3.05, 3.63) is 11.0 Å². The fourth-order valence-corrected chi connectivity index (χ4v) is 6.23. The number of ether oxygens (including phenoxy) is 2. The van der Waals surface area contributed by atoms with E-state index in [-0.39, 0.29) is 10.9 Å². The molecule has 0 radical (unpaired) electrons. The predicted molar refractivity (Wildman–Crippen MR) is 83.5 cm³/mol. The Morgan fingerprint density at radius 2 is 2.14 bits per heavy atom. The first-order valence-electron chi connectivity index (χ1n) is 6.39. The molecule has 0 saturated carbocycles. The lowest BCUT2D eigenvalue weighted by Gasteiger charge is -2.28. The zero-order valence-electron chi connectivity index (χ0n) is 12.5. The molecule has 1 fully saturated rings. The van der Waals surface area contributed by atoms with E-state index in [4.69, 9.17) is 15.3 Å². The van der Waals surface area contributed by atoms with Crippen LogP contribution in [0.15, 0.2) is 11.0 Å². The highest BCUT2D eigenvalue weighted by atomic mass is 32.2. The van der Waals surface area contributed by atoms with E-state index in [1.807, 2.05) is 13.8 Å². The van der Waals surface area contributed by atoms with Gasteiger partial charge in [0.2, 0.25) is 0 Å². The molecule has 7 heteroatoms. The van der Waals surface area contributed by atoms with Crippen molar-refractivity contribution in [2.75, 3.05) is 7.11 Å². The lowest BCUT2D eigenvalue weighted by molar-refractivity contribution is 0.0398. The second-order valence-electron chi connectivity index (χ2n) is 5.18. The van der Waals surface area contributed by atoms with Crippen LogP contribution in [0.2, 0.25) is 0 Å².